The largest absolute Gasteiger partial charge is 0.466 e. The minimum atomic E-state index is -4.66. The molecule has 3 rings (SSSR count). The van der Waals surface area contributed by atoms with Gasteiger partial charge in [-0.15, -0.1) is 10.2 Å². The van der Waals surface area contributed by atoms with Crippen molar-refractivity contribution >= 4 is 5.65 Å². The first-order valence-electron chi connectivity index (χ1n) is 8.55. The first-order chi connectivity index (χ1) is 14.0. The Kier molecular flexibility index (Phi) is 5.83. The van der Waals surface area contributed by atoms with Crippen molar-refractivity contribution in [2.45, 2.75) is 26.1 Å². The van der Waals surface area contributed by atoms with Crippen molar-refractivity contribution < 1.29 is 35.8 Å². The molecular formula is C17H15F6N5O2. The summed E-state index contributed by atoms with van der Waals surface area (Å²) in [5.74, 6) is -2.98. The molecule has 3 aromatic rings. The highest BCUT2D eigenvalue weighted by Crippen LogP contribution is 2.30. The minimum absolute atomic E-state index is 0.00280. The van der Waals surface area contributed by atoms with Crippen LogP contribution in [0.1, 0.15) is 19.7 Å². The van der Waals surface area contributed by atoms with Gasteiger partial charge in [0.15, 0.2) is 18.1 Å². The summed E-state index contributed by atoms with van der Waals surface area (Å²) in [7, 11) is 0. The number of nitrogens with zero attached hydrogens (tertiary/aromatic N) is 5. The van der Waals surface area contributed by atoms with Gasteiger partial charge in [0.25, 0.3) is 5.88 Å². The van der Waals surface area contributed by atoms with Crippen molar-refractivity contribution in [3.05, 3.63) is 36.3 Å². The Morgan fingerprint density at radius 3 is 2.43 bits per heavy atom. The van der Waals surface area contributed by atoms with E-state index in [-0.39, 0.29) is 29.4 Å². The highest BCUT2D eigenvalue weighted by Gasteiger charge is 2.39. The van der Waals surface area contributed by atoms with Crippen LogP contribution in [0, 0.1) is 11.7 Å². The lowest BCUT2D eigenvalue weighted by molar-refractivity contribution is -0.258. The van der Waals surface area contributed by atoms with Crippen LogP contribution in [0.2, 0.25) is 0 Å². The molecule has 0 saturated heterocycles. The third-order valence-corrected chi connectivity index (χ3v) is 3.63. The van der Waals surface area contributed by atoms with Gasteiger partial charge in [0.2, 0.25) is 5.82 Å². The summed E-state index contributed by atoms with van der Waals surface area (Å²) in [5, 5.41) is 7.04. The molecule has 0 unspecified atom stereocenters. The molecule has 0 N–H and O–H groups in total. The molecule has 13 heteroatoms. The Bertz CT molecular complexity index is 1040. The summed E-state index contributed by atoms with van der Waals surface area (Å²) in [6.45, 7) is 1.46. The lowest BCUT2D eigenvalue weighted by Gasteiger charge is -2.16. The standard InChI is InChI=1S/C17H15F6N5O2/c1-9(2)7-30-17(22,23)15-27-26-13-5-24-12(6-28(13)15)10-3-11(18)14(25-4-10)29-8-16(19,20)21/h3-6,9H,7-8H2,1-2H3. The topological polar surface area (TPSA) is 74.4 Å². The van der Waals surface area contributed by atoms with E-state index in [2.05, 4.69) is 29.6 Å². The van der Waals surface area contributed by atoms with E-state index in [0.717, 1.165) is 29.1 Å². The number of fused-ring (bicyclic) bond motifs is 1. The fraction of sp³-hybridized carbons (Fsp3) is 0.412. The molecule has 30 heavy (non-hydrogen) atoms. The maximum absolute atomic E-state index is 14.4. The molecule has 0 aliphatic carbocycles. The number of ether oxygens (including phenoxy) is 2. The maximum atomic E-state index is 14.4. The molecule has 0 aliphatic heterocycles. The van der Waals surface area contributed by atoms with E-state index in [1.807, 2.05) is 0 Å². The van der Waals surface area contributed by atoms with Crippen molar-refractivity contribution in [2.75, 3.05) is 13.2 Å². The number of alkyl halides is 5. The molecule has 3 heterocycles. The quantitative estimate of drug-likeness (QED) is 0.523. The Labute approximate surface area is 165 Å². The first kappa shape index (κ1) is 21.7. The predicted octanol–water partition coefficient (Wildman–Crippen LogP) is 3.99. The van der Waals surface area contributed by atoms with Crippen LogP contribution in [-0.4, -0.2) is 44.0 Å². The second-order valence-corrected chi connectivity index (χ2v) is 6.66. The summed E-state index contributed by atoms with van der Waals surface area (Å²) in [6.07, 6.45) is -5.17. The zero-order valence-corrected chi connectivity index (χ0v) is 15.6. The molecule has 0 fully saturated rings. The summed E-state index contributed by atoms with van der Waals surface area (Å²) in [6, 6.07) is 0.824. The van der Waals surface area contributed by atoms with E-state index in [4.69, 9.17) is 0 Å². The molecule has 0 aliphatic rings. The van der Waals surface area contributed by atoms with Crippen LogP contribution in [0.5, 0.6) is 5.88 Å². The molecule has 0 atom stereocenters. The molecule has 0 amide bonds. The smallest absolute Gasteiger partial charge is 0.422 e. The van der Waals surface area contributed by atoms with E-state index >= 15 is 0 Å². The van der Waals surface area contributed by atoms with Crippen molar-refractivity contribution in [1.82, 2.24) is 24.6 Å². The van der Waals surface area contributed by atoms with E-state index in [1.54, 1.807) is 13.8 Å². The summed E-state index contributed by atoms with van der Waals surface area (Å²) >= 11 is 0. The highest BCUT2D eigenvalue weighted by molar-refractivity contribution is 5.59. The Balaban J connectivity index is 1.91. The van der Waals surface area contributed by atoms with Gasteiger partial charge in [-0.25, -0.2) is 9.37 Å². The molecule has 3 aromatic heterocycles. The monoisotopic (exact) mass is 435 g/mol. The first-order valence-corrected chi connectivity index (χ1v) is 8.55. The van der Waals surface area contributed by atoms with Crippen LogP contribution in [-0.2, 0) is 10.8 Å². The molecule has 0 bridgehead atoms. The number of pyridine rings is 1. The van der Waals surface area contributed by atoms with Crippen LogP contribution < -0.4 is 4.74 Å². The fourth-order valence-corrected chi connectivity index (χ4v) is 2.31. The molecule has 0 radical (unpaired) electrons. The van der Waals surface area contributed by atoms with E-state index in [9.17, 15) is 26.3 Å². The molecule has 0 aromatic carbocycles. The van der Waals surface area contributed by atoms with Gasteiger partial charge in [-0.1, -0.05) is 13.8 Å². The number of aromatic nitrogens is 5. The number of hydrogen-bond donors (Lipinski definition) is 0. The lowest BCUT2D eigenvalue weighted by Crippen LogP contribution is -2.24. The number of rotatable bonds is 7. The Hall–Kier alpha value is -2.96. The summed E-state index contributed by atoms with van der Waals surface area (Å²) in [4.78, 5) is 7.46. The number of halogens is 6. The average molecular weight is 435 g/mol. The van der Waals surface area contributed by atoms with Gasteiger partial charge in [-0.2, -0.15) is 22.0 Å². The van der Waals surface area contributed by atoms with Crippen LogP contribution in [0.3, 0.4) is 0 Å². The third kappa shape index (κ3) is 4.96. The normalized spacial score (nSPS) is 12.7. The Morgan fingerprint density at radius 1 is 1.07 bits per heavy atom. The van der Waals surface area contributed by atoms with Crippen molar-refractivity contribution in [1.29, 1.82) is 0 Å². The lowest BCUT2D eigenvalue weighted by atomic mass is 10.2. The highest BCUT2D eigenvalue weighted by atomic mass is 19.4. The number of hydrogen-bond acceptors (Lipinski definition) is 6. The van der Waals surface area contributed by atoms with Gasteiger partial charge < -0.3 is 9.47 Å². The summed E-state index contributed by atoms with van der Waals surface area (Å²) in [5.41, 5.74) is -0.00283. The zero-order chi connectivity index (χ0) is 22.1. The molecular weight excluding hydrogens is 420 g/mol. The van der Waals surface area contributed by atoms with Crippen molar-refractivity contribution in [3.63, 3.8) is 0 Å². The van der Waals surface area contributed by atoms with E-state index in [1.165, 1.54) is 0 Å². The molecule has 7 nitrogen and oxygen atoms in total. The maximum Gasteiger partial charge on any atom is 0.422 e. The second kappa shape index (κ2) is 8.05. The van der Waals surface area contributed by atoms with Gasteiger partial charge in [-0.3, -0.25) is 9.38 Å². The summed E-state index contributed by atoms with van der Waals surface area (Å²) < 4.78 is 89.2. The van der Waals surface area contributed by atoms with Crippen LogP contribution in [0.15, 0.2) is 24.7 Å². The van der Waals surface area contributed by atoms with Crippen molar-refractivity contribution in [3.8, 4) is 17.1 Å². The zero-order valence-electron chi connectivity index (χ0n) is 15.6. The third-order valence-electron chi connectivity index (χ3n) is 3.63. The van der Waals surface area contributed by atoms with Gasteiger partial charge in [0, 0.05) is 18.0 Å². The fourth-order valence-electron chi connectivity index (χ4n) is 2.31. The van der Waals surface area contributed by atoms with Crippen molar-refractivity contribution in [2.24, 2.45) is 5.92 Å². The average Bonchev–Trinajstić information content (AvgIpc) is 3.09. The van der Waals surface area contributed by atoms with Crippen LogP contribution >= 0.6 is 0 Å². The molecule has 162 valence electrons. The van der Waals surface area contributed by atoms with Gasteiger partial charge in [0.05, 0.1) is 18.5 Å². The van der Waals surface area contributed by atoms with Gasteiger partial charge in [-0.05, 0) is 12.0 Å². The molecule has 0 spiro atoms. The Morgan fingerprint density at radius 2 is 1.80 bits per heavy atom. The molecule has 0 saturated carbocycles. The van der Waals surface area contributed by atoms with E-state index < -0.39 is 36.4 Å². The minimum Gasteiger partial charge on any atom is -0.466 e. The van der Waals surface area contributed by atoms with Gasteiger partial charge >= 0.3 is 12.3 Å². The second-order valence-electron chi connectivity index (χ2n) is 6.66. The predicted molar refractivity (Wildman–Crippen MR) is 90.2 cm³/mol. The van der Waals surface area contributed by atoms with Crippen LogP contribution in [0.4, 0.5) is 26.3 Å². The SMILES string of the molecule is CC(C)COC(F)(F)c1nnc2cnc(-c3cnc(OCC(F)(F)F)c(F)c3)cn12. The van der Waals surface area contributed by atoms with E-state index in [0.29, 0.717) is 0 Å². The van der Waals surface area contributed by atoms with Gasteiger partial charge in [0.1, 0.15) is 0 Å². The van der Waals surface area contributed by atoms with Crippen LogP contribution in [0.25, 0.3) is 16.9 Å².